The Hall–Kier alpha value is -2.15. The van der Waals surface area contributed by atoms with Crippen LogP contribution < -0.4 is 4.72 Å². The molecule has 1 aromatic carbocycles. The van der Waals surface area contributed by atoms with E-state index < -0.39 is 15.9 Å². The summed E-state index contributed by atoms with van der Waals surface area (Å²) in [6.07, 6.45) is 5.90. The van der Waals surface area contributed by atoms with Crippen molar-refractivity contribution in [3.63, 3.8) is 0 Å². The second kappa shape index (κ2) is 7.41. The predicted molar refractivity (Wildman–Crippen MR) is 87.3 cm³/mol. The van der Waals surface area contributed by atoms with Gasteiger partial charge in [0, 0.05) is 19.7 Å². The highest BCUT2D eigenvalue weighted by molar-refractivity contribution is 7.90. The molecule has 1 amide bonds. The number of amides is 1. The monoisotopic (exact) mass is 335 g/mol. The summed E-state index contributed by atoms with van der Waals surface area (Å²) in [6, 6.07) is 6.61. The molecule has 0 saturated heterocycles. The molecule has 0 saturated carbocycles. The van der Waals surface area contributed by atoms with Gasteiger partial charge in [-0.1, -0.05) is 25.5 Å². The fourth-order valence-electron chi connectivity index (χ4n) is 2.24. The average Bonchev–Trinajstić information content (AvgIpc) is 2.91. The van der Waals surface area contributed by atoms with Crippen LogP contribution in [0.3, 0.4) is 0 Å². The van der Waals surface area contributed by atoms with Crippen LogP contribution in [0.1, 0.15) is 30.9 Å². The molecule has 124 valence electrons. The van der Waals surface area contributed by atoms with Crippen molar-refractivity contribution in [2.45, 2.75) is 37.5 Å². The van der Waals surface area contributed by atoms with Gasteiger partial charge in [0.2, 0.25) is 5.91 Å². The first-order valence-electron chi connectivity index (χ1n) is 7.53. The number of aromatic nitrogens is 2. The lowest BCUT2D eigenvalue weighted by atomic mass is 10.1. The van der Waals surface area contributed by atoms with Gasteiger partial charge in [-0.25, -0.2) is 13.1 Å². The lowest BCUT2D eigenvalue weighted by molar-refractivity contribution is -0.119. The van der Waals surface area contributed by atoms with Gasteiger partial charge in [0.1, 0.15) is 0 Å². The van der Waals surface area contributed by atoms with Crippen LogP contribution in [0.25, 0.3) is 0 Å². The quantitative estimate of drug-likeness (QED) is 0.837. The summed E-state index contributed by atoms with van der Waals surface area (Å²) in [4.78, 5) is 12.0. The molecule has 1 aromatic heterocycles. The maximum Gasteiger partial charge on any atom is 0.264 e. The van der Waals surface area contributed by atoms with Crippen molar-refractivity contribution in [3.8, 4) is 0 Å². The van der Waals surface area contributed by atoms with E-state index in [-0.39, 0.29) is 11.3 Å². The van der Waals surface area contributed by atoms with Gasteiger partial charge in [-0.15, -0.1) is 0 Å². The fourth-order valence-corrected chi connectivity index (χ4v) is 3.26. The standard InChI is InChI=1S/C16H21N3O3S/c1-3-4-13-5-8-15(9-6-13)23(21,22)18-16(20)10-7-14-11-17-19(2)12-14/h5-6,8-9,11-12H,3-4,7,10H2,1-2H3,(H,18,20). The molecule has 0 fully saturated rings. The lowest BCUT2D eigenvalue weighted by Gasteiger charge is -2.07. The zero-order chi connectivity index (χ0) is 16.9. The minimum absolute atomic E-state index is 0.0961. The van der Waals surface area contributed by atoms with Crippen LogP contribution >= 0.6 is 0 Å². The second-order valence-electron chi connectivity index (χ2n) is 5.44. The molecule has 1 heterocycles. The topological polar surface area (TPSA) is 81.1 Å². The van der Waals surface area contributed by atoms with Crippen LogP contribution in [0.15, 0.2) is 41.6 Å². The number of aryl methyl sites for hydroxylation is 3. The molecule has 0 radical (unpaired) electrons. The van der Waals surface area contributed by atoms with E-state index in [0.717, 1.165) is 24.0 Å². The van der Waals surface area contributed by atoms with Gasteiger partial charge in [0.15, 0.2) is 0 Å². The molecule has 0 bridgehead atoms. The number of nitrogens with zero attached hydrogens (tertiary/aromatic N) is 2. The molecule has 0 spiro atoms. The van der Waals surface area contributed by atoms with Gasteiger partial charge >= 0.3 is 0 Å². The average molecular weight is 335 g/mol. The van der Waals surface area contributed by atoms with Crippen LogP contribution in [-0.4, -0.2) is 24.1 Å². The molecule has 23 heavy (non-hydrogen) atoms. The first-order chi connectivity index (χ1) is 10.9. The maximum atomic E-state index is 12.2. The van der Waals surface area contributed by atoms with Crippen molar-refractivity contribution in [1.82, 2.24) is 14.5 Å². The molecular weight excluding hydrogens is 314 g/mol. The molecular formula is C16H21N3O3S. The Morgan fingerprint density at radius 1 is 1.17 bits per heavy atom. The number of nitrogens with one attached hydrogen (secondary N) is 1. The summed E-state index contributed by atoms with van der Waals surface area (Å²) in [7, 11) is -2.02. The molecule has 0 unspecified atom stereocenters. The van der Waals surface area contributed by atoms with Crippen molar-refractivity contribution in [3.05, 3.63) is 47.8 Å². The largest absolute Gasteiger partial charge is 0.276 e. The Bertz CT molecular complexity index is 764. The van der Waals surface area contributed by atoms with Gasteiger partial charge in [0.05, 0.1) is 11.1 Å². The number of benzene rings is 1. The summed E-state index contributed by atoms with van der Waals surface area (Å²) in [5.74, 6) is -0.522. The number of carbonyl (C=O) groups excluding carboxylic acids is 1. The summed E-state index contributed by atoms with van der Waals surface area (Å²) in [5.41, 5.74) is 1.97. The molecule has 6 nitrogen and oxygen atoms in total. The van der Waals surface area contributed by atoms with Crippen molar-refractivity contribution < 1.29 is 13.2 Å². The van der Waals surface area contributed by atoms with E-state index in [2.05, 4.69) is 16.7 Å². The number of carbonyl (C=O) groups is 1. The first-order valence-corrected chi connectivity index (χ1v) is 9.01. The molecule has 7 heteroatoms. The molecule has 0 aliphatic carbocycles. The predicted octanol–water partition coefficient (Wildman–Crippen LogP) is 1.81. The van der Waals surface area contributed by atoms with Gasteiger partial charge in [-0.05, 0) is 36.1 Å². The minimum atomic E-state index is -3.81. The SMILES string of the molecule is CCCc1ccc(S(=O)(=O)NC(=O)CCc2cnn(C)c2)cc1. The van der Waals surface area contributed by atoms with Crippen LogP contribution in [0.5, 0.6) is 0 Å². The molecule has 0 aliphatic rings. The van der Waals surface area contributed by atoms with Crippen molar-refractivity contribution >= 4 is 15.9 Å². The molecule has 2 rings (SSSR count). The van der Waals surface area contributed by atoms with E-state index in [0.29, 0.717) is 6.42 Å². The van der Waals surface area contributed by atoms with E-state index >= 15 is 0 Å². The highest BCUT2D eigenvalue weighted by atomic mass is 32.2. The summed E-state index contributed by atoms with van der Waals surface area (Å²) >= 11 is 0. The summed E-state index contributed by atoms with van der Waals surface area (Å²) in [6.45, 7) is 2.06. The Morgan fingerprint density at radius 3 is 2.43 bits per heavy atom. The number of rotatable bonds is 7. The van der Waals surface area contributed by atoms with Crippen LogP contribution in [0.2, 0.25) is 0 Å². The molecule has 0 atom stereocenters. The van der Waals surface area contributed by atoms with E-state index in [1.54, 1.807) is 36.3 Å². The first kappa shape index (κ1) is 17.2. The molecule has 2 aromatic rings. The van der Waals surface area contributed by atoms with Gasteiger partial charge in [-0.3, -0.25) is 9.48 Å². The van der Waals surface area contributed by atoms with E-state index in [9.17, 15) is 13.2 Å². The Kier molecular flexibility index (Phi) is 5.54. The molecule has 1 N–H and O–H groups in total. The lowest BCUT2D eigenvalue weighted by Crippen LogP contribution is -2.30. The summed E-state index contributed by atoms with van der Waals surface area (Å²) < 4.78 is 28.1. The third-order valence-corrected chi connectivity index (χ3v) is 4.81. The van der Waals surface area contributed by atoms with Crippen molar-refractivity contribution in [1.29, 1.82) is 0 Å². The van der Waals surface area contributed by atoms with Crippen molar-refractivity contribution in [2.24, 2.45) is 7.05 Å². The third-order valence-electron chi connectivity index (χ3n) is 3.42. The Labute approximate surface area is 136 Å². The van der Waals surface area contributed by atoms with E-state index in [1.807, 2.05) is 0 Å². The van der Waals surface area contributed by atoms with Crippen LogP contribution in [0.4, 0.5) is 0 Å². The minimum Gasteiger partial charge on any atom is -0.276 e. The zero-order valence-corrected chi connectivity index (χ0v) is 14.1. The fraction of sp³-hybridized carbons (Fsp3) is 0.375. The van der Waals surface area contributed by atoms with Crippen LogP contribution in [0, 0.1) is 0 Å². The Morgan fingerprint density at radius 2 is 1.87 bits per heavy atom. The normalized spacial score (nSPS) is 11.4. The van der Waals surface area contributed by atoms with E-state index in [4.69, 9.17) is 0 Å². The van der Waals surface area contributed by atoms with Gasteiger partial charge < -0.3 is 0 Å². The highest BCUT2D eigenvalue weighted by Gasteiger charge is 2.17. The smallest absolute Gasteiger partial charge is 0.264 e. The second-order valence-corrected chi connectivity index (χ2v) is 7.13. The number of sulfonamides is 1. The summed E-state index contributed by atoms with van der Waals surface area (Å²) in [5, 5.41) is 4.01. The van der Waals surface area contributed by atoms with E-state index in [1.165, 1.54) is 12.1 Å². The third kappa shape index (κ3) is 4.92. The number of hydrogen-bond acceptors (Lipinski definition) is 4. The van der Waals surface area contributed by atoms with Crippen LogP contribution in [-0.2, 0) is 34.7 Å². The van der Waals surface area contributed by atoms with Gasteiger partial charge in [-0.2, -0.15) is 5.10 Å². The Balaban J connectivity index is 1.95. The van der Waals surface area contributed by atoms with Crippen molar-refractivity contribution in [2.75, 3.05) is 0 Å². The maximum absolute atomic E-state index is 12.2. The van der Waals surface area contributed by atoms with Gasteiger partial charge in [0.25, 0.3) is 10.0 Å². The number of hydrogen-bond donors (Lipinski definition) is 1. The zero-order valence-electron chi connectivity index (χ0n) is 13.3. The highest BCUT2D eigenvalue weighted by Crippen LogP contribution is 2.12. The molecule has 0 aliphatic heterocycles.